The molecule has 0 spiro atoms. The van der Waals surface area contributed by atoms with Gasteiger partial charge in [0.05, 0.1) is 0 Å². The predicted molar refractivity (Wildman–Crippen MR) is 79.1 cm³/mol. The molecule has 0 bridgehead atoms. The van der Waals surface area contributed by atoms with Crippen molar-refractivity contribution in [1.82, 2.24) is 0 Å². The number of rotatable bonds is 5. The average Bonchev–Trinajstić information content (AvgIpc) is 2.28. The van der Waals surface area contributed by atoms with Crippen LogP contribution in [0.5, 0.6) is 5.75 Å². The number of ketones is 1. The number of benzene rings is 1. The Morgan fingerprint density at radius 3 is 2.21 bits per heavy atom. The van der Waals surface area contributed by atoms with Gasteiger partial charge in [0.1, 0.15) is 11.5 Å². The summed E-state index contributed by atoms with van der Waals surface area (Å²) in [4.78, 5) is 11.4. The molecule has 0 fully saturated rings. The highest BCUT2D eigenvalue weighted by Gasteiger charge is 2.41. The molecule has 0 heterocycles. The molecule has 0 N–H and O–H groups in total. The van der Waals surface area contributed by atoms with Crippen LogP contribution in [0.2, 0.25) is 0 Å². The Bertz CT molecular complexity index is 474. The van der Waals surface area contributed by atoms with Crippen LogP contribution in [0.25, 0.3) is 0 Å². The minimum Gasteiger partial charge on any atom is -0.442 e. The van der Waals surface area contributed by atoms with Gasteiger partial charge >= 0.3 is 0 Å². The normalized spacial score (nSPS) is 16.5. The standard InChI is InChI=1S/C15H23O3P/c1-12(13(2)16)11-19(17,15(3,4)5)18-14-9-7-6-8-10-14/h6-10,12H,11H2,1-5H3/t12-,19?/m0/s1. The number of carbonyl (C=O) groups is 1. The molecule has 1 rings (SSSR count). The third kappa shape index (κ3) is 4.21. The zero-order valence-corrected chi connectivity index (χ0v) is 13.2. The summed E-state index contributed by atoms with van der Waals surface area (Å²) in [6.45, 7) is 9.01. The largest absolute Gasteiger partial charge is 0.442 e. The van der Waals surface area contributed by atoms with Gasteiger partial charge in [-0.3, -0.25) is 9.36 Å². The van der Waals surface area contributed by atoms with Crippen molar-refractivity contribution in [3.05, 3.63) is 30.3 Å². The monoisotopic (exact) mass is 282 g/mol. The molecule has 1 aromatic carbocycles. The van der Waals surface area contributed by atoms with Gasteiger partial charge in [-0.15, -0.1) is 0 Å². The van der Waals surface area contributed by atoms with Gasteiger partial charge in [-0.2, -0.15) is 0 Å². The van der Waals surface area contributed by atoms with Gasteiger partial charge in [0.25, 0.3) is 7.37 Å². The van der Waals surface area contributed by atoms with E-state index in [0.29, 0.717) is 5.75 Å². The lowest BCUT2D eigenvalue weighted by Crippen LogP contribution is -2.25. The zero-order chi connectivity index (χ0) is 14.7. The van der Waals surface area contributed by atoms with Crippen molar-refractivity contribution >= 4 is 13.2 Å². The van der Waals surface area contributed by atoms with E-state index in [2.05, 4.69) is 0 Å². The van der Waals surface area contributed by atoms with Crippen LogP contribution >= 0.6 is 7.37 Å². The zero-order valence-electron chi connectivity index (χ0n) is 12.3. The van der Waals surface area contributed by atoms with Gasteiger partial charge in [0.2, 0.25) is 0 Å². The van der Waals surface area contributed by atoms with Gasteiger partial charge in [0.15, 0.2) is 0 Å². The summed E-state index contributed by atoms with van der Waals surface area (Å²) in [5, 5.41) is -0.494. The molecule has 0 aromatic heterocycles. The third-order valence-corrected chi connectivity index (χ3v) is 6.80. The van der Waals surface area contributed by atoms with Crippen molar-refractivity contribution in [3.8, 4) is 5.75 Å². The Kier molecular flexibility index (Phi) is 4.98. The van der Waals surface area contributed by atoms with Crippen LogP contribution in [-0.2, 0) is 9.36 Å². The summed E-state index contributed by atoms with van der Waals surface area (Å²) in [7, 11) is -2.96. The molecule has 0 amide bonds. The fourth-order valence-electron chi connectivity index (χ4n) is 1.59. The average molecular weight is 282 g/mol. The van der Waals surface area contributed by atoms with E-state index >= 15 is 0 Å². The number of carbonyl (C=O) groups excluding carboxylic acids is 1. The van der Waals surface area contributed by atoms with E-state index in [1.54, 1.807) is 19.1 Å². The summed E-state index contributed by atoms with van der Waals surface area (Å²) in [6, 6.07) is 9.15. The molecule has 2 atom stereocenters. The maximum Gasteiger partial charge on any atom is 0.253 e. The van der Waals surface area contributed by atoms with Crippen molar-refractivity contribution in [2.24, 2.45) is 5.92 Å². The Morgan fingerprint density at radius 1 is 1.26 bits per heavy atom. The first-order chi connectivity index (χ1) is 8.66. The summed E-state index contributed by atoms with van der Waals surface area (Å²) in [6.07, 6.45) is 0.278. The van der Waals surface area contributed by atoms with E-state index in [1.165, 1.54) is 6.92 Å². The maximum absolute atomic E-state index is 13.1. The van der Waals surface area contributed by atoms with E-state index in [9.17, 15) is 9.36 Å². The molecule has 0 aliphatic rings. The minimum absolute atomic E-state index is 0.0427. The van der Waals surface area contributed by atoms with Crippen LogP contribution in [0.4, 0.5) is 0 Å². The third-order valence-electron chi connectivity index (χ3n) is 3.23. The molecule has 0 saturated carbocycles. The second kappa shape index (κ2) is 5.92. The van der Waals surface area contributed by atoms with Crippen LogP contribution in [0.1, 0.15) is 34.6 Å². The predicted octanol–water partition coefficient (Wildman–Crippen LogP) is 4.37. The highest BCUT2D eigenvalue weighted by molar-refractivity contribution is 7.61. The van der Waals surface area contributed by atoms with Crippen LogP contribution < -0.4 is 4.52 Å². The first-order valence-corrected chi connectivity index (χ1v) is 8.31. The molecule has 0 radical (unpaired) electrons. The minimum atomic E-state index is -2.96. The van der Waals surface area contributed by atoms with Crippen LogP contribution in [0.3, 0.4) is 0 Å². The maximum atomic E-state index is 13.1. The molecule has 106 valence electrons. The van der Waals surface area contributed by atoms with Crippen LogP contribution in [0.15, 0.2) is 30.3 Å². The van der Waals surface area contributed by atoms with E-state index in [4.69, 9.17) is 4.52 Å². The van der Waals surface area contributed by atoms with Crippen LogP contribution in [0, 0.1) is 5.92 Å². The van der Waals surface area contributed by atoms with Gasteiger partial charge in [-0.05, 0) is 19.1 Å². The van der Waals surface area contributed by atoms with E-state index < -0.39 is 12.5 Å². The first kappa shape index (κ1) is 16.0. The number of Topliss-reactive ketones (excluding diaryl/α,β-unsaturated/α-hetero) is 1. The van der Waals surface area contributed by atoms with Gasteiger partial charge in [-0.25, -0.2) is 0 Å². The van der Waals surface area contributed by atoms with Gasteiger partial charge < -0.3 is 4.52 Å². The SMILES string of the molecule is CC(=O)[C@@H](C)CP(=O)(Oc1ccccc1)C(C)(C)C. The molecule has 0 aliphatic heterocycles. The van der Waals surface area contributed by atoms with Gasteiger partial charge in [-0.1, -0.05) is 45.9 Å². The Balaban J connectivity index is 3.01. The molecule has 1 aromatic rings. The fourth-order valence-corrected chi connectivity index (χ4v) is 3.93. The van der Waals surface area contributed by atoms with Crippen molar-refractivity contribution in [1.29, 1.82) is 0 Å². The number of hydrogen-bond donors (Lipinski definition) is 0. The van der Waals surface area contributed by atoms with Crippen molar-refractivity contribution in [2.75, 3.05) is 6.16 Å². The van der Waals surface area contributed by atoms with Crippen molar-refractivity contribution in [2.45, 2.75) is 39.8 Å². The topological polar surface area (TPSA) is 43.4 Å². The molecule has 3 nitrogen and oxygen atoms in total. The molecular weight excluding hydrogens is 259 g/mol. The van der Waals surface area contributed by atoms with Crippen LogP contribution in [-0.4, -0.2) is 17.1 Å². The van der Waals surface area contributed by atoms with Crippen molar-refractivity contribution < 1.29 is 13.9 Å². The van der Waals surface area contributed by atoms with Gasteiger partial charge in [0, 0.05) is 17.2 Å². The summed E-state index contributed by atoms with van der Waals surface area (Å²) in [5.74, 6) is 0.381. The Hall–Kier alpha value is -1.08. The second-order valence-corrected chi connectivity index (χ2v) is 9.18. The molecule has 19 heavy (non-hydrogen) atoms. The van der Waals surface area contributed by atoms with E-state index in [1.807, 2.05) is 39.0 Å². The van der Waals surface area contributed by atoms with Crippen molar-refractivity contribution in [3.63, 3.8) is 0 Å². The molecule has 4 heteroatoms. The summed E-state index contributed by atoms with van der Waals surface area (Å²) in [5.41, 5.74) is 0. The lowest BCUT2D eigenvalue weighted by molar-refractivity contribution is -0.119. The molecule has 1 unspecified atom stereocenters. The Labute approximate surface area is 115 Å². The molecule has 0 saturated heterocycles. The lowest BCUT2D eigenvalue weighted by atomic mass is 10.1. The highest BCUT2D eigenvalue weighted by atomic mass is 31.2. The quantitative estimate of drug-likeness (QED) is 0.753. The smallest absolute Gasteiger partial charge is 0.253 e. The fraction of sp³-hybridized carbons (Fsp3) is 0.533. The first-order valence-electron chi connectivity index (χ1n) is 6.50. The molecule has 0 aliphatic carbocycles. The second-order valence-electron chi connectivity index (χ2n) is 5.94. The summed E-state index contributed by atoms with van der Waals surface area (Å²) < 4.78 is 18.9. The highest BCUT2D eigenvalue weighted by Crippen LogP contribution is 2.59. The number of hydrogen-bond acceptors (Lipinski definition) is 3. The molecular formula is C15H23O3P. The Morgan fingerprint density at radius 2 is 1.79 bits per heavy atom. The van der Waals surface area contributed by atoms with E-state index in [-0.39, 0.29) is 17.9 Å². The van der Waals surface area contributed by atoms with E-state index in [0.717, 1.165) is 0 Å². The lowest BCUT2D eigenvalue weighted by Gasteiger charge is -2.32. The summed E-state index contributed by atoms with van der Waals surface area (Å²) >= 11 is 0. The number of para-hydroxylation sites is 1.